The Bertz CT molecular complexity index is 338. The van der Waals surface area contributed by atoms with Crippen molar-refractivity contribution < 1.29 is 4.74 Å². The van der Waals surface area contributed by atoms with Crippen molar-refractivity contribution in [1.82, 2.24) is 5.32 Å². The van der Waals surface area contributed by atoms with Gasteiger partial charge in [-0.25, -0.2) is 0 Å². The maximum atomic E-state index is 5.72. The predicted molar refractivity (Wildman–Crippen MR) is 67.2 cm³/mol. The molecule has 0 aliphatic rings. The molecule has 0 heterocycles. The van der Waals surface area contributed by atoms with Crippen LogP contribution < -0.4 is 10.1 Å². The van der Waals surface area contributed by atoms with Crippen LogP contribution in [-0.2, 0) is 6.54 Å². The Balaban J connectivity index is 2.89. The minimum atomic E-state index is 0.0294. The molecule has 1 aromatic carbocycles. The van der Waals surface area contributed by atoms with Crippen LogP contribution >= 0.6 is 15.9 Å². The summed E-state index contributed by atoms with van der Waals surface area (Å²) in [5.74, 6) is 0.903. The van der Waals surface area contributed by atoms with E-state index in [1.54, 1.807) is 6.08 Å². The number of hydrogen-bond donors (Lipinski definition) is 1. The summed E-state index contributed by atoms with van der Waals surface area (Å²) in [4.78, 5) is 0. The molecule has 0 amide bonds. The minimum Gasteiger partial charge on any atom is -0.486 e. The Morgan fingerprint density at radius 2 is 2.33 bits per heavy atom. The van der Waals surface area contributed by atoms with Crippen LogP contribution in [0.3, 0.4) is 0 Å². The van der Waals surface area contributed by atoms with Gasteiger partial charge >= 0.3 is 0 Å². The van der Waals surface area contributed by atoms with Crippen LogP contribution in [-0.4, -0.2) is 13.2 Å². The van der Waals surface area contributed by atoms with Crippen LogP contribution in [0.1, 0.15) is 12.5 Å². The van der Waals surface area contributed by atoms with Gasteiger partial charge in [-0.2, -0.15) is 0 Å². The highest BCUT2D eigenvalue weighted by molar-refractivity contribution is 9.10. The molecule has 0 aromatic heterocycles. The van der Waals surface area contributed by atoms with Crippen LogP contribution in [0, 0.1) is 0 Å². The van der Waals surface area contributed by atoms with Gasteiger partial charge in [0.1, 0.15) is 11.9 Å². The van der Waals surface area contributed by atoms with E-state index < -0.39 is 0 Å². The SMILES string of the molecule is C=CC(C)Oc1ccc(Br)cc1CNC. The molecular formula is C12H16BrNO. The lowest BCUT2D eigenvalue weighted by atomic mass is 10.2. The van der Waals surface area contributed by atoms with Crippen LogP contribution in [0.2, 0.25) is 0 Å². The maximum absolute atomic E-state index is 5.72. The molecule has 1 unspecified atom stereocenters. The third-order valence-corrected chi connectivity index (χ3v) is 2.53. The molecule has 0 bridgehead atoms. The third kappa shape index (κ3) is 3.68. The predicted octanol–water partition coefficient (Wildman–Crippen LogP) is 3.12. The molecule has 1 N–H and O–H groups in total. The smallest absolute Gasteiger partial charge is 0.124 e. The fourth-order valence-corrected chi connectivity index (χ4v) is 1.65. The number of halogens is 1. The molecule has 0 saturated carbocycles. The second kappa shape index (κ2) is 5.93. The highest BCUT2D eigenvalue weighted by Crippen LogP contribution is 2.24. The van der Waals surface area contributed by atoms with Crippen molar-refractivity contribution in [3.63, 3.8) is 0 Å². The molecular weight excluding hydrogens is 254 g/mol. The van der Waals surface area contributed by atoms with Gasteiger partial charge in [0, 0.05) is 16.6 Å². The highest BCUT2D eigenvalue weighted by Gasteiger charge is 2.06. The molecule has 1 atom stereocenters. The maximum Gasteiger partial charge on any atom is 0.124 e. The zero-order chi connectivity index (χ0) is 11.3. The van der Waals surface area contributed by atoms with E-state index in [9.17, 15) is 0 Å². The van der Waals surface area contributed by atoms with Gasteiger partial charge in [-0.1, -0.05) is 28.6 Å². The van der Waals surface area contributed by atoms with Crippen LogP contribution in [0.5, 0.6) is 5.75 Å². The van der Waals surface area contributed by atoms with Gasteiger partial charge in [0.15, 0.2) is 0 Å². The first-order valence-electron chi connectivity index (χ1n) is 4.89. The Labute approximate surface area is 99.5 Å². The molecule has 3 heteroatoms. The number of hydrogen-bond acceptors (Lipinski definition) is 2. The summed E-state index contributed by atoms with van der Waals surface area (Å²) in [6.45, 7) is 6.46. The molecule has 0 aliphatic carbocycles. The van der Waals surface area contributed by atoms with Crippen molar-refractivity contribution in [2.24, 2.45) is 0 Å². The molecule has 15 heavy (non-hydrogen) atoms. The zero-order valence-corrected chi connectivity index (χ0v) is 10.7. The van der Waals surface area contributed by atoms with Gasteiger partial charge in [-0.05, 0) is 32.2 Å². The number of benzene rings is 1. The van der Waals surface area contributed by atoms with E-state index in [1.807, 2.05) is 26.1 Å². The van der Waals surface area contributed by atoms with E-state index in [2.05, 4.69) is 33.9 Å². The molecule has 1 rings (SSSR count). The summed E-state index contributed by atoms with van der Waals surface area (Å²) >= 11 is 3.45. The topological polar surface area (TPSA) is 21.3 Å². The first kappa shape index (κ1) is 12.3. The van der Waals surface area contributed by atoms with E-state index in [0.717, 1.165) is 22.3 Å². The zero-order valence-electron chi connectivity index (χ0n) is 9.09. The minimum absolute atomic E-state index is 0.0294. The van der Waals surface area contributed by atoms with Gasteiger partial charge in [0.2, 0.25) is 0 Å². The van der Waals surface area contributed by atoms with Crippen molar-refractivity contribution in [2.45, 2.75) is 19.6 Å². The fraction of sp³-hybridized carbons (Fsp3) is 0.333. The average molecular weight is 270 g/mol. The van der Waals surface area contributed by atoms with Crippen molar-refractivity contribution in [3.05, 3.63) is 40.9 Å². The number of nitrogens with one attached hydrogen (secondary N) is 1. The summed E-state index contributed by atoms with van der Waals surface area (Å²) in [6.07, 6.45) is 1.81. The van der Waals surface area contributed by atoms with Gasteiger partial charge in [-0.15, -0.1) is 0 Å². The summed E-state index contributed by atoms with van der Waals surface area (Å²) in [5.41, 5.74) is 1.14. The van der Waals surface area contributed by atoms with Crippen molar-refractivity contribution in [3.8, 4) is 5.75 Å². The Hall–Kier alpha value is -0.800. The number of ether oxygens (including phenoxy) is 1. The molecule has 2 nitrogen and oxygen atoms in total. The summed E-state index contributed by atoms with van der Waals surface area (Å²) in [7, 11) is 1.92. The van der Waals surface area contributed by atoms with Crippen molar-refractivity contribution in [2.75, 3.05) is 7.05 Å². The highest BCUT2D eigenvalue weighted by atomic mass is 79.9. The lowest BCUT2D eigenvalue weighted by molar-refractivity contribution is 0.267. The monoisotopic (exact) mass is 269 g/mol. The van der Waals surface area contributed by atoms with E-state index in [1.165, 1.54) is 0 Å². The Morgan fingerprint density at radius 1 is 1.60 bits per heavy atom. The number of rotatable bonds is 5. The van der Waals surface area contributed by atoms with Crippen LogP contribution in [0.4, 0.5) is 0 Å². The molecule has 0 saturated heterocycles. The van der Waals surface area contributed by atoms with Crippen LogP contribution in [0.15, 0.2) is 35.3 Å². The second-order valence-electron chi connectivity index (χ2n) is 3.34. The van der Waals surface area contributed by atoms with E-state index in [-0.39, 0.29) is 6.10 Å². The molecule has 0 fully saturated rings. The van der Waals surface area contributed by atoms with E-state index >= 15 is 0 Å². The molecule has 1 aromatic rings. The fourth-order valence-electron chi connectivity index (χ4n) is 1.24. The molecule has 0 radical (unpaired) electrons. The second-order valence-corrected chi connectivity index (χ2v) is 4.26. The van der Waals surface area contributed by atoms with Crippen molar-refractivity contribution in [1.29, 1.82) is 0 Å². The summed E-state index contributed by atoms with van der Waals surface area (Å²) in [6, 6.07) is 6.00. The first-order valence-corrected chi connectivity index (χ1v) is 5.69. The molecule has 0 spiro atoms. The molecule has 0 aliphatic heterocycles. The van der Waals surface area contributed by atoms with Crippen molar-refractivity contribution >= 4 is 15.9 Å². The summed E-state index contributed by atoms with van der Waals surface area (Å²) in [5, 5.41) is 3.12. The van der Waals surface area contributed by atoms with Gasteiger partial charge < -0.3 is 10.1 Å². The Kier molecular flexibility index (Phi) is 4.85. The van der Waals surface area contributed by atoms with E-state index in [4.69, 9.17) is 4.74 Å². The lowest BCUT2D eigenvalue weighted by Gasteiger charge is -2.14. The lowest BCUT2D eigenvalue weighted by Crippen LogP contribution is -2.12. The van der Waals surface area contributed by atoms with Gasteiger partial charge in [0.05, 0.1) is 0 Å². The average Bonchev–Trinajstić information content (AvgIpc) is 2.22. The summed E-state index contributed by atoms with van der Waals surface area (Å²) < 4.78 is 6.78. The Morgan fingerprint density at radius 3 is 2.93 bits per heavy atom. The quantitative estimate of drug-likeness (QED) is 0.830. The van der Waals surface area contributed by atoms with Gasteiger partial charge in [0.25, 0.3) is 0 Å². The third-order valence-electron chi connectivity index (χ3n) is 2.03. The first-order chi connectivity index (χ1) is 7.17. The van der Waals surface area contributed by atoms with E-state index in [0.29, 0.717) is 0 Å². The standard InChI is InChI=1S/C12H16BrNO/c1-4-9(2)15-12-6-5-11(13)7-10(12)8-14-3/h4-7,9,14H,1,8H2,2-3H3. The largest absolute Gasteiger partial charge is 0.486 e. The van der Waals surface area contributed by atoms with Gasteiger partial charge in [-0.3, -0.25) is 0 Å². The molecule has 82 valence electrons. The normalized spacial score (nSPS) is 12.2. The van der Waals surface area contributed by atoms with Crippen LogP contribution in [0.25, 0.3) is 0 Å².